The van der Waals surface area contributed by atoms with Crippen LogP contribution < -0.4 is 9.62 Å². The molecule has 0 saturated heterocycles. The van der Waals surface area contributed by atoms with Crippen LogP contribution in [0.25, 0.3) is 0 Å². The van der Waals surface area contributed by atoms with E-state index in [0.717, 1.165) is 11.1 Å². The summed E-state index contributed by atoms with van der Waals surface area (Å²) in [6, 6.07) is 26.6. The van der Waals surface area contributed by atoms with E-state index in [1.807, 2.05) is 60.7 Å². The number of hydrogen-bond donors (Lipinski definition) is 1. The Kier molecular flexibility index (Phi) is 7.79. The molecule has 0 unspecified atom stereocenters. The molecule has 0 aliphatic rings. The Hall–Kier alpha value is -2.87. The van der Waals surface area contributed by atoms with E-state index in [4.69, 9.17) is 34.8 Å². The van der Waals surface area contributed by atoms with Gasteiger partial charge in [-0.25, -0.2) is 8.42 Å². The summed E-state index contributed by atoms with van der Waals surface area (Å²) < 4.78 is 29.8. The average molecular weight is 546 g/mol. The van der Waals surface area contributed by atoms with Crippen molar-refractivity contribution in [3.8, 4) is 0 Å². The van der Waals surface area contributed by atoms with Gasteiger partial charge in [-0.05, 0) is 47.5 Å². The van der Waals surface area contributed by atoms with Crippen LogP contribution in [-0.2, 0) is 14.8 Å². The van der Waals surface area contributed by atoms with Crippen LogP contribution in [-0.4, -0.2) is 14.8 Å². The second kappa shape index (κ2) is 10.8. The van der Waals surface area contributed by atoms with Gasteiger partial charge in [0.1, 0.15) is 0 Å². The molecule has 35 heavy (non-hydrogen) atoms. The molecule has 178 valence electrons. The quantitative estimate of drug-likeness (QED) is 0.242. The van der Waals surface area contributed by atoms with Crippen molar-refractivity contribution in [2.24, 2.45) is 0 Å². The highest BCUT2D eigenvalue weighted by atomic mass is 35.5. The van der Waals surface area contributed by atoms with E-state index in [0.29, 0.717) is 22.1 Å². The molecule has 0 radical (unpaired) electrons. The Morgan fingerprint density at radius 1 is 0.743 bits per heavy atom. The number of rotatable bonds is 8. The molecule has 5 nitrogen and oxygen atoms in total. The number of carbonyl (C=O) groups is 1. The van der Waals surface area contributed by atoms with Gasteiger partial charge in [-0.1, -0.05) is 95.5 Å². The lowest BCUT2D eigenvalue weighted by atomic mass is 10.00. The molecule has 4 rings (SSSR count). The van der Waals surface area contributed by atoms with Gasteiger partial charge in [0.2, 0.25) is 16.4 Å². The molecule has 0 aliphatic heterocycles. The normalized spacial score (nSPS) is 11.4. The minimum Gasteiger partial charge on any atom is -0.282 e. The maximum Gasteiger partial charge on any atom is 0.241 e. The third-order valence-corrected chi connectivity index (χ3v) is 7.43. The number of carbonyl (C=O) groups excluding carboxylic acids is 1. The van der Waals surface area contributed by atoms with Crippen molar-refractivity contribution >= 4 is 62.6 Å². The van der Waals surface area contributed by atoms with Gasteiger partial charge in [0.25, 0.3) is 0 Å². The van der Waals surface area contributed by atoms with Crippen LogP contribution in [0.1, 0.15) is 17.2 Å². The number of hydrogen-bond acceptors (Lipinski definition) is 3. The highest BCUT2D eigenvalue weighted by Gasteiger charge is 2.25. The lowest BCUT2D eigenvalue weighted by Gasteiger charge is -2.22. The molecule has 0 atom stereocenters. The van der Waals surface area contributed by atoms with Gasteiger partial charge in [-0.2, -0.15) is 4.72 Å². The van der Waals surface area contributed by atoms with Gasteiger partial charge in [-0.3, -0.25) is 9.69 Å². The molecule has 1 amide bonds. The Morgan fingerprint density at radius 2 is 1.29 bits per heavy atom. The number of benzene rings is 4. The first-order chi connectivity index (χ1) is 16.8. The van der Waals surface area contributed by atoms with Gasteiger partial charge in [-0.15, -0.1) is 0 Å². The summed E-state index contributed by atoms with van der Waals surface area (Å²) in [5.41, 5.74) is 2.06. The van der Waals surface area contributed by atoms with Crippen LogP contribution in [0.5, 0.6) is 0 Å². The van der Waals surface area contributed by atoms with Crippen LogP contribution in [0.2, 0.25) is 15.1 Å². The Balaban J connectivity index is 1.75. The van der Waals surface area contributed by atoms with E-state index in [2.05, 4.69) is 4.72 Å². The van der Waals surface area contributed by atoms with Gasteiger partial charge >= 0.3 is 0 Å². The van der Waals surface area contributed by atoms with Crippen LogP contribution in [0, 0.1) is 0 Å². The van der Waals surface area contributed by atoms with Gasteiger partial charge in [0, 0.05) is 10.0 Å². The fourth-order valence-electron chi connectivity index (χ4n) is 3.62. The van der Waals surface area contributed by atoms with E-state index in [1.165, 1.54) is 41.3 Å². The summed E-state index contributed by atoms with van der Waals surface area (Å²) >= 11 is 18.5. The van der Waals surface area contributed by atoms with Gasteiger partial charge in [0.05, 0.1) is 27.3 Å². The minimum atomic E-state index is -4.04. The number of amides is 1. The lowest BCUT2D eigenvalue weighted by Crippen LogP contribution is -2.29. The Morgan fingerprint density at radius 3 is 1.80 bits per heavy atom. The monoisotopic (exact) mass is 544 g/mol. The second-order valence-electron chi connectivity index (χ2n) is 7.59. The van der Waals surface area contributed by atoms with Gasteiger partial charge < -0.3 is 0 Å². The molecule has 9 heteroatoms. The highest BCUT2D eigenvalue weighted by Crippen LogP contribution is 2.36. The van der Waals surface area contributed by atoms with Crippen molar-refractivity contribution in [1.29, 1.82) is 0 Å². The maximum atomic E-state index is 13.5. The van der Waals surface area contributed by atoms with Crippen LogP contribution in [0.15, 0.2) is 102 Å². The summed E-state index contributed by atoms with van der Waals surface area (Å²) in [6.07, 6.45) is 0.518. The highest BCUT2D eigenvalue weighted by molar-refractivity contribution is 7.89. The molecule has 1 N–H and O–H groups in total. The minimum absolute atomic E-state index is 0.0614. The first-order valence-electron chi connectivity index (χ1n) is 10.4. The number of nitrogens with zero attached hydrogens (tertiary/aromatic N) is 1. The SMILES string of the molecule is O=CN(c1cc(Cl)cc(Cl)c1)c1cc(S(=O)(=O)NC(c2ccccc2)c2ccccc2)ccc1Cl. The smallest absolute Gasteiger partial charge is 0.241 e. The molecule has 0 heterocycles. The molecule has 4 aromatic rings. The number of sulfonamides is 1. The molecule has 0 aromatic heterocycles. The third-order valence-electron chi connectivity index (χ3n) is 5.26. The fourth-order valence-corrected chi connectivity index (χ4v) is 5.58. The van der Waals surface area contributed by atoms with E-state index in [1.54, 1.807) is 0 Å². The van der Waals surface area contributed by atoms with E-state index >= 15 is 0 Å². The van der Waals surface area contributed by atoms with Gasteiger partial charge in [0.15, 0.2) is 0 Å². The van der Waals surface area contributed by atoms with Crippen LogP contribution in [0.3, 0.4) is 0 Å². The summed E-state index contributed by atoms with van der Waals surface area (Å²) in [4.78, 5) is 13.1. The standard InChI is InChI=1S/C26H19Cl3N2O3S/c27-20-13-21(28)15-22(14-20)31(17-32)25-16-23(11-12-24(25)29)35(33,34)30-26(18-7-3-1-4-8-18)19-9-5-2-6-10-19/h1-17,26,30H. The first kappa shape index (κ1) is 25.2. The first-order valence-corrected chi connectivity index (χ1v) is 13.0. The van der Waals surface area contributed by atoms with E-state index in [9.17, 15) is 13.2 Å². The Bertz CT molecular complexity index is 1390. The van der Waals surface area contributed by atoms with E-state index < -0.39 is 16.1 Å². The lowest BCUT2D eigenvalue weighted by molar-refractivity contribution is -0.106. The molecular weight excluding hydrogens is 527 g/mol. The molecule has 0 aliphatic carbocycles. The predicted molar refractivity (Wildman–Crippen MR) is 141 cm³/mol. The number of nitrogens with one attached hydrogen (secondary N) is 1. The summed E-state index contributed by atoms with van der Waals surface area (Å²) in [7, 11) is -4.04. The molecule has 0 fully saturated rings. The van der Waals surface area contributed by atoms with Crippen molar-refractivity contribution < 1.29 is 13.2 Å². The van der Waals surface area contributed by atoms with Crippen molar-refractivity contribution in [2.45, 2.75) is 10.9 Å². The average Bonchev–Trinajstić information content (AvgIpc) is 2.84. The fraction of sp³-hybridized carbons (Fsp3) is 0.0385. The van der Waals surface area contributed by atoms with Crippen molar-refractivity contribution in [3.63, 3.8) is 0 Å². The molecule has 0 spiro atoms. The van der Waals surface area contributed by atoms with Crippen LogP contribution >= 0.6 is 34.8 Å². The summed E-state index contributed by atoms with van der Waals surface area (Å²) in [6.45, 7) is 0. The van der Waals surface area contributed by atoms with Crippen molar-refractivity contribution in [3.05, 3.63) is 123 Å². The second-order valence-corrected chi connectivity index (χ2v) is 10.6. The molecule has 0 bridgehead atoms. The third kappa shape index (κ3) is 5.86. The topological polar surface area (TPSA) is 66.5 Å². The Labute approximate surface area is 218 Å². The number of halogens is 3. The largest absolute Gasteiger partial charge is 0.282 e. The molecular formula is C26H19Cl3N2O3S. The zero-order chi connectivity index (χ0) is 25.0. The molecule has 4 aromatic carbocycles. The summed E-state index contributed by atoms with van der Waals surface area (Å²) in [5, 5.41) is 0.804. The zero-order valence-electron chi connectivity index (χ0n) is 18.1. The number of anilines is 2. The predicted octanol–water partition coefficient (Wildman–Crippen LogP) is 7.01. The molecule has 0 saturated carbocycles. The van der Waals surface area contributed by atoms with Crippen molar-refractivity contribution in [2.75, 3.05) is 4.90 Å². The van der Waals surface area contributed by atoms with Crippen LogP contribution in [0.4, 0.5) is 11.4 Å². The maximum absolute atomic E-state index is 13.5. The summed E-state index contributed by atoms with van der Waals surface area (Å²) in [5.74, 6) is 0. The van der Waals surface area contributed by atoms with E-state index in [-0.39, 0.29) is 15.6 Å². The zero-order valence-corrected chi connectivity index (χ0v) is 21.2. The van der Waals surface area contributed by atoms with Crippen molar-refractivity contribution in [1.82, 2.24) is 4.72 Å².